The van der Waals surface area contributed by atoms with Crippen molar-refractivity contribution in [3.8, 4) is 0 Å². The van der Waals surface area contributed by atoms with E-state index in [4.69, 9.17) is 0 Å². The highest BCUT2D eigenvalue weighted by Gasteiger charge is 2.15. The van der Waals surface area contributed by atoms with Gasteiger partial charge < -0.3 is 10.2 Å². The molecule has 1 N–H and O–H groups in total. The second kappa shape index (κ2) is 11.6. The van der Waals surface area contributed by atoms with Crippen LogP contribution in [0.25, 0.3) is 0 Å². The third-order valence-electron chi connectivity index (χ3n) is 5.04. The molecule has 1 aromatic carbocycles. The van der Waals surface area contributed by atoms with E-state index in [1.54, 1.807) is 11.8 Å². The number of carbonyl (C=O) groups excluding carboxylic acids is 1. The van der Waals surface area contributed by atoms with Crippen molar-refractivity contribution in [1.29, 1.82) is 0 Å². The van der Waals surface area contributed by atoms with Crippen LogP contribution in [0.3, 0.4) is 0 Å². The Balaban J connectivity index is 1.71. The van der Waals surface area contributed by atoms with Gasteiger partial charge in [-0.3, -0.25) is 9.69 Å². The van der Waals surface area contributed by atoms with Crippen molar-refractivity contribution in [2.45, 2.75) is 52.0 Å². The summed E-state index contributed by atoms with van der Waals surface area (Å²) in [5, 5.41) is 3.09. The van der Waals surface area contributed by atoms with Gasteiger partial charge in [0, 0.05) is 39.3 Å². The first kappa shape index (κ1) is 21.3. The molecule has 0 radical (unpaired) electrons. The number of hydrogen-bond donors (Lipinski definition) is 1. The minimum Gasteiger partial charge on any atom is -0.351 e. The minimum atomic E-state index is 0.0302. The average Bonchev–Trinajstić information content (AvgIpc) is 2.68. The number of likely N-dealkylation sites (N-methyl/N-ethyl adjacent to an activating group) is 1. The van der Waals surface area contributed by atoms with Gasteiger partial charge in [0.15, 0.2) is 0 Å². The van der Waals surface area contributed by atoms with Crippen LogP contribution in [0.1, 0.15) is 44.7 Å². The summed E-state index contributed by atoms with van der Waals surface area (Å²) < 4.78 is 0. The lowest BCUT2D eigenvalue weighted by molar-refractivity contribution is -0.120. The molecule has 0 saturated carbocycles. The predicted molar refractivity (Wildman–Crippen MR) is 113 cm³/mol. The highest BCUT2D eigenvalue weighted by molar-refractivity contribution is 8.00. The van der Waals surface area contributed by atoms with Gasteiger partial charge in [0.05, 0.1) is 5.25 Å². The summed E-state index contributed by atoms with van der Waals surface area (Å²) in [6.07, 6.45) is 2.36. The van der Waals surface area contributed by atoms with Gasteiger partial charge in [-0.05, 0) is 36.8 Å². The van der Waals surface area contributed by atoms with Crippen molar-refractivity contribution in [3.05, 3.63) is 35.4 Å². The maximum absolute atomic E-state index is 12.1. The van der Waals surface area contributed by atoms with Crippen LogP contribution in [0.5, 0.6) is 0 Å². The fraction of sp³-hybridized carbons (Fsp3) is 0.667. The van der Waals surface area contributed by atoms with Gasteiger partial charge in [-0.25, -0.2) is 0 Å². The Morgan fingerprint density at radius 2 is 1.69 bits per heavy atom. The van der Waals surface area contributed by atoms with Gasteiger partial charge in [-0.15, -0.1) is 11.8 Å². The molecule has 1 aromatic rings. The van der Waals surface area contributed by atoms with Crippen LogP contribution in [-0.4, -0.2) is 59.4 Å². The first-order chi connectivity index (χ1) is 12.6. The van der Waals surface area contributed by atoms with Crippen LogP contribution in [0.15, 0.2) is 24.3 Å². The third kappa shape index (κ3) is 7.29. The van der Waals surface area contributed by atoms with Gasteiger partial charge in [-0.2, -0.15) is 0 Å². The summed E-state index contributed by atoms with van der Waals surface area (Å²) in [6.45, 7) is 13.9. The standard InChI is InChI=1S/C21H35N3OS/c1-4-6-15-26-18(3)21(25)22-16-19-7-9-20(10-8-19)17-24-13-11-23(5-2)12-14-24/h7-10,18H,4-6,11-17H2,1-3H3,(H,22,25). The number of nitrogens with zero attached hydrogens (tertiary/aromatic N) is 2. The first-order valence-electron chi connectivity index (χ1n) is 10.0. The lowest BCUT2D eigenvalue weighted by Crippen LogP contribution is -2.45. The van der Waals surface area contributed by atoms with Crippen LogP contribution >= 0.6 is 11.8 Å². The van der Waals surface area contributed by atoms with Crippen molar-refractivity contribution in [2.75, 3.05) is 38.5 Å². The number of piperazine rings is 1. The molecule has 5 heteroatoms. The molecule has 1 amide bonds. The van der Waals surface area contributed by atoms with Gasteiger partial charge in [0.25, 0.3) is 0 Å². The zero-order valence-corrected chi connectivity index (χ0v) is 17.5. The Hall–Kier alpha value is -1.04. The Kier molecular flexibility index (Phi) is 9.51. The number of nitrogens with one attached hydrogen (secondary N) is 1. The maximum atomic E-state index is 12.1. The zero-order chi connectivity index (χ0) is 18.8. The molecule has 0 spiro atoms. The topological polar surface area (TPSA) is 35.6 Å². The van der Waals surface area contributed by atoms with Crippen LogP contribution < -0.4 is 5.32 Å². The molecule has 0 aliphatic carbocycles. The number of amides is 1. The van der Waals surface area contributed by atoms with Crippen molar-refractivity contribution in [2.24, 2.45) is 0 Å². The second-order valence-electron chi connectivity index (χ2n) is 7.11. The third-order valence-corrected chi connectivity index (χ3v) is 6.28. The monoisotopic (exact) mass is 377 g/mol. The van der Waals surface area contributed by atoms with E-state index in [1.807, 2.05) is 6.92 Å². The quantitative estimate of drug-likeness (QED) is 0.634. The summed E-state index contributed by atoms with van der Waals surface area (Å²) in [5.41, 5.74) is 2.53. The molecule has 1 aliphatic heterocycles. The fourth-order valence-electron chi connectivity index (χ4n) is 3.10. The van der Waals surface area contributed by atoms with Gasteiger partial charge >= 0.3 is 0 Å². The number of carbonyl (C=O) groups is 1. The lowest BCUT2D eigenvalue weighted by atomic mass is 10.1. The summed E-state index contributed by atoms with van der Waals surface area (Å²) in [6, 6.07) is 8.69. The smallest absolute Gasteiger partial charge is 0.233 e. The molecular weight excluding hydrogens is 342 g/mol. The van der Waals surface area contributed by atoms with Crippen molar-refractivity contribution < 1.29 is 4.79 Å². The van der Waals surface area contributed by atoms with Crippen LogP contribution in [0.2, 0.25) is 0 Å². The second-order valence-corrected chi connectivity index (χ2v) is 8.56. The molecule has 4 nitrogen and oxygen atoms in total. The minimum absolute atomic E-state index is 0.0302. The Bertz CT molecular complexity index is 527. The maximum Gasteiger partial charge on any atom is 0.233 e. The molecule has 2 rings (SSSR count). The number of hydrogen-bond acceptors (Lipinski definition) is 4. The average molecular weight is 378 g/mol. The van der Waals surface area contributed by atoms with E-state index in [2.05, 4.69) is 53.2 Å². The highest BCUT2D eigenvalue weighted by atomic mass is 32.2. The van der Waals surface area contributed by atoms with Crippen molar-refractivity contribution >= 4 is 17.7 Å². The van der Waals surface area contributed by atoms with Crippen LogP contribution in [-0.2, 0) is 17.9 Å². The molecule has 1 heterocycles. The van der Waals surface area contributed by atoms with Gasteiger partial charge in [-0.1, -0.05) is 44.5 Å². The van der Waals surface area contributed by atoms with Gasteiger partial charge in [0.2, 0.25) is 5.91 Å². The van der Waals surface area contributed by atoms with E-state index >= 15 is 0 Å². The van der Waals surface area contributed by atoms with Crippen molar-refractivity contribution in [1.82, 2.24) is 15.1 Å². The molecule has 1 unspecified atom stereocenters. The molecule has 146 valence electrons. The van der Waals surface area contributed by atoms with E-state index in [9.17, 15) is 4.79 Å². The van der Waals surface area contributed by atoms with E-state index < -0.39 is 0 Å². The largest absolute Gasteiger partial charge is 0.351 e. The van der Waals surface area contributed by atoms with Crippen molar-refractivity contribution in [3.63, 3.8) is 0 Å². The number of rotatable bonds is 10. The molecular formula is C21H35N3OS. The SMILES string of the molecule is CCCCSC(C)C(=O)NCc1ccc(CN2CCN(CC)CC2)cc1. The highest BCUT2D eigenvalue weighted by Crippen LogP contribution is 2.14. The van der Waals surface area contributed by atoms with E-state index in [0.717, 1.165) is 31.9 Å². The summed E-state index contributed by atoms with van der Waals surface area (Å²) in [7, 11) is 0. The van der Waals surface area contributed by atoms with Gasteiger partial charge in [0.1, 0.15) is 0 Å². The first-order valence-corrected chi connectivity index (χ1v) is 11.1. The predicted octanol–water partition coefficient (Wildman–Crippen LogP) is 3.36. The summed E-state index contributed by atoms with van der Waals surface area (Å²) in [5.74, 6) is 1.20. The molecule has 1 aliphatic rings. The molecule has 26 heavy (non-hydrogen) atoms. The number of thioether (sulfide) groups is 1. The lowest BCUT2D eigenvalue weighted by Gasteiger charge is -2.34. The zero-order valence-electron chi connectivity index (χ0n) is 16.7. The molecule has 1 saturated heterocycles. The van der Waals surface area contributed by atoms with E-state index in [1.165, 1.54) is 37.1 Å². The number of unbranched alkanes of at least 4 members (excludes halogenated alkanes) is 1. The molecule has 0 bridgehead atoms. The Morgan fingerprint density at radius 1 is 1.08 bits per heavy atom. The normalized spacial score (nSPS) is 17.2. The summed E-state index contributed by atoms with van der Waals surface area (Å²) in [4.78, 5) is 17.2. The fourth-order valence-corrected chi connectivity index (χ4v) is 4.14. The molecule has 0 aromatic heterocycles. The Morgan fingerprint density at radius 3 is 2.31 bits per heavy atom. The molecule has 1 fully saturated rings. The van der Waals surface area contributed by atoms with E-state index in [-0.39, 0.29) is 11.2 Å². The van der Waals surface area contributed by atoms with Crippen LogP contribution in [0.4, 0.5) is 0 Å². The van der Waals surface area contributed by atoms with E-state index in [0.29, 0.717) is 6.54 Å². The molecule has 1 atom stereocenters. The number of benzene rings is 1. The summed E-state index contributed by atoms with van der Waals surface area (Å²) >= 11 is 1.75. The Labute approximate surface area is 163 Å². The van der Waals surface area contributed by atoms with Crippen LogP contribution in [0, 0.1) is 0 Å².